The number of hydrogen-bond acceptors (Lipinski definition) is 12. The first-order chi connectivity index (χ1) is 51.5. The molecule has 14 heteroatoms. The van der Waals surface area contributed by atoms with E-state index >= 15 is 0 Å². The molecule has 0 fully saturated rings. The van der Waals surface area contributed by atoms with Crippen molar-refractivity contribution in [1.29, 1.82) is 0 Å². The lowest BCUT2D eigenvalue weighted by molar-refractivity contribution is 0.622. The van der Waals surface area contributed by atoms with Gasteiger partial charge in [0, 0.05) is 116 Å². The molecule has 0 atom stereocenters. The number of benzene rings is 10. The lowest BCUT2D eigenvalue weighted by Crippen LogP contribution is -1.98. The Kier molecular flexibility index (Phi) is 15.2. The van der Waals surface area contributed by atoms with Crippen LogP contribution in [0, 0.1) is 0 Å². The number of hydrogen-bond donors (Lipinski definition) is 0. The zero-order chi connectivity index (χ0) is 68.9. The molecule has 0 amide bonds. The average Bonchev–Trinajstić information content (AvgIpc) is 1.57. The molecule has 20 aromatic rings. The molecule has 10 aromatic carbocycles. The monoisotopic (exact) mass is 1340 g/mol. The van der Waals surface area contributed by atoms with E-state index in [1.165, 1.54) is 0 Å². The van der Waals surface area contributed by atoms with Crippen LogP contribution < -0.4 is 0 Å². The van der Waals surface area contributed by atoms with Crippen LogP contribution in [0.2, 0.25) is 0 Å². The maximum Gasteiger partial charge on any atom is 0.227 e. The zero-order valence-electron chi connectivity index (χ0n) is 55.5. The fourth-order valence-corrected chi connectivity index (χ4v) is 14.0. The van der Waals surface area contributed by atoms with Crippen LogP contribution in [0.4, 0.5) is 0 Å². The second-order valence-electron chi connectivity index (χ2n) is 25.2. The molecular weight excluding hydrogens is 1280 g/mol. The van der Waals surface area contributed by atoms with E-state index in [4.69, 9.17) is 38.7 Å². The lowest BCUT2D eigenvalue weighted by Gasteiger charge is -2.12. The molecule has 104 heavy (non-hydrogen) atoms. The van der Waals surface area contributed by atoms with Gasteiger partial charge in [0.1, 0.15) is 11.0 Å². The molecule has 10 aromatic heterocycles. The molecule has 0 aliphatic heterocycles. The topological polar surface area (TPSA) is 165 Å². The van der Waals surface area contributed by atoms with Crippen LogP contribution in [0.5, 0.6) is 0 Å². The summed E-state index contributed by atoms with van der Waals surface area (Å²) >= 11 is 0. The number of pyridine rings is 4. The van der Waals surface area contributed by atoms with Crippen molar-refractivity contribution < 1.29 is 8.83 Å². The third-order valence-corrected chi connectivity index (χ3v) is 18.9. The molecule has 0 bridgehead atoms. The van der Waals surface area contributed by atoms with Gasteiger partial charge >= 0.3 is 0 Å². The molecule has 0 unspecified atom stereocenters. The van der Waals surface area contributed by atoms with E-state index < -0.39 is 0 Å². The highest BCUT2D eigenvalue weighted by Gasteiger charge is 2.23. The molecule has 0 radical (unpaired) electrons. The standard InChI is InChI=1S/2C45H28N6O/c1-2-7-33(8-3-1)45-50-37-17-18-41-42(43(37)52-45)36-11-4-5-12-40(36)51(41)35-10-6-9-34(27-35)39-28-38(48-44(49-39)32-21-25-47-26-22-32)31-15-13-29(14-16-31)30-19-23-46-24-20-30;1-2-7-33(8-3-1)45-50-37-17-18-41-42(43(37)52-45)36-11-4-5-12-40(36)51(41)35-10-6-9-34(27-35)44-48-38(28-39(49-44)32-21-25-47-26-22-32)31-15-13-29(14-16-31)30-19-23-46-24-20-30/h2*1-28H. The summed E-state index contributed by atoms with van der Waals surface area (Å²) in [6.07, 6.45) is 14.4. The fraction of sp³-hybridized carbons (Fsp3) is 0. The van der Waals surface area contributed by atoms with Crippen molar-refractivity contribution in [3.63, 3.8) is 0 Å². The number of rotatable bonds is 12. The number of nitrogens with zero attached hydrogens (tertiary/aromatic N) is 12. The molecule has 0 spiro atoms. The van der Waals surface area contributed by atoms with Gasteiger partial charge in [-0.05, 0) is 168 Å². The van der Waals surface area contributed by atoms with Gasteiger partial charge in [0.2, 0.25) is 11.8 Å². The minimum atomic E-state index is 0.607. The van der Waals surface area contributed by atoms with Gasteiger partial charge in [-0.3, -0.25) is 19.9 Å². The van der Waals surface area contributed by atoms with E-state index in [0.29, 0.717) is 23.4 Å². The van der Waals surface area contributed by atoms with Gasteiger partial charge in [-0.2, -0.15) is 0 Å². The zero-order valence-corrected chi connectivity index (χ0v) is 55.5. The Bertz CT molecular complexity index is 6170. The first-order valence-electron chi connectivity index (χ1n) is 34.1. The molecule has 14 nitrogen and oxygen atoms in total. The lowest BCUT2D eigenvalue weighted by atomic mass is 10.0. The first kappa shape index (κ1) is 60.7. The van der Waals surface area contributed by atoms with Crippen LogP contribution in [0.15, 0.2) is 350 Å². The Morgan fingerprint density at radius 3 is 1.01 bits per heavy atom. The third-order valence-electron chi connectivity index (χ3n) is 18.9. The number of para-hydroxylation sites is 2. The predicted molar refractivity (Wildman–Crippen MR) is 413 cm³/mol. The van der Waals surface area contributed by atoms with Crippen molar-refractivity contribution >= 4 is 65.8 Å². The van der Waals surface area contributed by atoms with E-state index in [0.717, 1.165) is 167 Å². The van der Waals surface area contributed by atoms with Gasteiger partial charge in [0.15, 0.2) is 22.8 Å². The molecular formula is C90H56N12O2. The first-order valence-corrected chi connectivity index (χ1v) is 34.1. The Labute approximate surface area is 595 Å². The number of aromatic nitrogens is 12. The maximum atomic E-state index is 6.51. The van der Waals surface area contributed by atoms with E-state index in [9.17, 15) is 0 Å². The van der Waals surface area contributed by atoms with E-state index in [-0.39, 0.29) is 0 Å². The summed E-state index contributed by atoms with van der Waals surface area (Å²) in [4.78, 5) is 46.9. The Morgan fingerprint density at radius 2 is 0.558 bits per heavy atom. The highest BCUT2D eigenvalue weighted by molar-refractivity contribution is 6.20. The normalized spacial score (nSPS) is 11.5. The number of oxazole rings is 2. The largest absolute Gasteiger partial charge is 0.435 e. The summed E-state index contributed by atoms with van der Waals surface area (Å²) in [5.41, 5.74) is 24.9. The Balaban J connectivity index is 0.000000143. The Morgan fingerprint density at radius 1 is 0.221 bits per heavy atom. The average molecular weight is 1340 g/mol. The quantitative estimate of drug-likeness (QED) is 0.114. The van der Waals surface area contributed by atoms with Gasteiger partial charge in [-0.25, -0.2) is 29.9 Å². The molecule has 488 valence electrons. The minimum Gasteiger partial charge on any atom is -0.435 e. The summed E-state index contributed by atoms with van der Waals surface area (Å²) in [5.74, 6) is 2.49. The summed E-state index contributed by atoms with van der Waals surface area (Å²) in [7, 11) is 0. The molecule has 0 saturated heterocycles. The van der Waals surface area contributed by atoms with Crippen molar-refractivity contribution in [3.05, 3.63) is 341 Å². The third kappa shape index (κ3) is 11.2. The summed E-state index contributed by atoms with van der Waals surface area (Å²) < 4.78 is 17.6. The van der Waals surface area contributed by atoms with E-state index in [1.807, 2.05) is 152 Å². The summed E-state index contributed by atoms with van der Waals surface area (Å²) in [6.45, 7) is 0. The molecule has 0 aliphatic rings. The maximum absolute atomic E-state index is 6.51. The second-order valence-corrected chi connectivity index (χ2v) is 25.2. The van der Waals surface area contributed by atoms with E-state index in [2.05, 4.69) is 193 Å². The van der Waals surface area contributed by atoms with Crippen LogP contribution in [0.1, 0.15) is 0 Å². The van der Waals surface area contributed by atoms with Gasteiger partial charge in [-0.1, -0.05) is 146 Å². The highest BCUT2D eigenvalue weighted by Crippen LogP contribution is 2.42. The SMILES string of the molecule is c1ccc(-c2nc3ccc4c(c5ccccc5n4-c4cccc(-c5cc(-c6ccc(-c7ccncc7)cc6)nc(-c6ccncc6)n5)c4)c3o2)cc1.c1ccc(-c2nc3ccc4c(c5ccccc5n4-c4cccc(-c5nc(-c6ccncc6)cc(-c6ccc(-c7ccncc7)cc6)n5)c4)c3o2)cc1. The Hall–Kier alpha value is -14.5. The molecule has 0 saturated carbocycles. The smallest absolute Gasteiger partial charge is 0.227 e. The fourth-order valence-electron chi connectivity index (χ4n) is 14.0. The van der Waals surface area contributed by atoms with Gasteiger partial charge in [0.25, 0.3) is 0 Å². The van der Waals surface area contributed by atoms with Crippen molar-refractivity contribution in [3.8, 4) is 124 Å². The van der Waals surface area contributed by atoms with Gasteiger partial charge in [0.05, 0.1) is 55.6 Å². The highest BCUT2D eigenvalue weighted by atomic mass is 16.4. The van der Waals surface area contributed by atoms with Crippen LogP contribution in [-0.4, -0.2) is 59.0 Å². The number of fused-ring (bicyclic) bond motifs is 10. The van der Waals surface area contributed by atoms with Crippen LogP contribution in [-0.2, 0) is 0 Å². The predicted octanol–water partition coefficient (Wildman–Crippen LogP) is 21.7. The van der Waals surface area contributed by atoms with Crippen molar-refractivity contribution in [1.82, 2.24) is 59.0 Å². The van der Waals surface area contributed by atoms with Crippen LogP contribution >= 0.6 is 0 Å². The molecule has 10 heterocycles. The molecule has 20 rings (SSSR count). The second kappa shape index (κ2) is 26.0. The minimum absolute atomic E-state index is 0.607. The van der Waals surface area contributed by atoms with Crippen LogP contribution in [0.3, 0.4) is 0 Å². The van der Waals surface area contributed by atoms with Crippen LogP contribution in [0.25, 0.3) is 190 Å². The van der Waals surface area contributed by atoms with Crippen molar-refractivity contribution in [2.24, 2.45) is 0 Å². The van der Waals surface area contributed by atoms with Gasteiger partial charge in [-0.15, -0.1) is 0 Å². The van der Waals surface area contributed by atoms with Crippen molar-refractivity contribution in [2.45, 2.75) is 0 Å². The summed E-state index contributed by atoms with van der Waals surface area (Å²) in [6, 6.07) is 99.2. The summed E-state index contributed by atoms with van der Waals surface area (Å²) in [5, 5.41) is 4.26. The van der Waals surface area contributed by atoms with E-state index in [1.54, 1.807) is 24.8 Å². The van der Waals surface area contributed by atoms with Gasteiger partial charge < -0.3 is 18.0 Å². The molecule has 0 N–H and O–H groups in total. The van der Waals surface area contributed by atoms with Crippen molar-refractivity contribution in [2.75, 3.05) is 0 Å². The molecule has 0 aliphatic carbocycles.